The van der Waals surface area contributed by atoms with Gasteiger partial charge in [-0.25, -0.2) is 0 Å². The molecule has 2 amide bonds. The molecule has 2 aliphatic heterocycles. The summed E-state index contributed by atoms with van der Waals surface area (Å²) in [6, 6.07) is 10.8. The number of hydrogen-bond donors (Lipinski definition) is 1. The second kappa shape index (κ2) is 11.6. The second-order valence-corrected chi connectivity index (χ2v) is 12.3. The molecular formula is C31H31Cl2F3N4O2. The van der Waals surface area contributed by atoms with E-state index < -0.39 is 12.1 Å². The number of rotatable bonds is 5. The molecule has 0 radical (unpaired) electrons. The number of hydrogen-bond acceptors (Lipinski definition) is 3. The standard InChI is InChI=1S/C31H31Cl2F3N4O2/c32-25-14-20(18-3-5-19(6-4-18)30(42)39-12-9-21(10-13-39)31(34,35)36)15-26(33)23(25)17-28-24-16-22(7-8-27(24)37-38-28)40-11-1-2-29(40)41/h3-6,14-15,21-22H,1-2,7-13,16-17H2,(H,37,38). The molecule has 1 atom stereocenters. The van der Waals surface area contributed by atoms with Crippen molar-refractivity contribution in [2.24, 2.45) is 5.92 Å². The maximum atomic E-state index is 13.0. The van der Waals surface area contributed by atoms with Gasteiger partial charge in [0.05, 0.1) is 11.6 Å². The van der Waals surface area contributed by atoms with Gasteiger partial charge < -0.3 is 9.80 Å². The van der Waals surface area contributed by atoms with E-state index in [4.69, 9.17) is 23.2 Å². The van der Waals surface area contributed by atoms with Gasteiger partial charge in [-0.15, -0.1) is 0 Å². The van der Waals surface area contributed by atoms with Crippen LogP contribution in [-0.4, -0.2) is 63.7 Å². The average Bonchev–Trinajstić information content (AvgIpc) is 3.59. The van der Waals surface area contributed by atoms with Crippen LogP contribution in [0.5, 0.6) is 0 Å². The molecule has 6 rings (SSSR count). The Morgan fingerprint density at radius 3 is 2.29 bits per heavy atom. The van der Waals surface area contributed by atoms with Crippen molar-refractivity contribution < 1.29 is 22.8 Å². The van der Waals surface area contributed by atoms with Gasteiger partial charge in [0.1, 0.15) is 0 Å². The van der Waals surface area contributed by atoms with Crippen molar-refractivity contribution >= 4 is 35.0 Å². The number of H-pyrrole nitrogens is 1. The Bertz CT molecular complexity index is 1470. The number of nitrogens with one attached hydrogen (secondary N) is 1. The van der Waals surface area contributed by atoms with Gasteiger partial charge in [0.25, 0.3) is 5.91 Å². The van der Waals surface area contributed by atoms with Crippen molar-refractivity contribution in [1.82, 2.24) is 20.0 Å². The van der Waals surface area contributed by atoms with Gasteiger partial charge in [0, 0.05) is 59.8 Å². The monoisotopic (exact) mass is 618 g/mol. The topological polar surface area (TPSA) is 69.3 Å². The lowest BCUT2D eigenvalue weighted by Gasteiger charge is -2.33. The Morgan fingerprint density at radius 2 is 1.67 bits per heavy atom. The van der Waals surface area contributed by atoms with Crippen molar-refractivity contribution in [3.8, 4) is 11.1 Å². The second-order valence-electron chi connectivity index (χ2n) is 11.5. The van der Waals surface area contributed by atoms with Crippen LogP contribution < -0.4 is 0 Å². The smallest absolute Gasteiger partial charge is 0.339 e. The first-order valence-electron chi connectivity index (χ1n) is 14.4. The molecule has 0 spiro atoms. The number of halogens is 5. The van der Waals surface area contributed by atoms with Crippen LogP contribution in [0.1, 0.15) is 65.0 Å². The quantitative estimate of drug-likeness (QED) is 0.339. The fraction of sp³-hybridized carbons (Fsp3) is 0.452. The number of carbonyl (C=O) groups is 2. The van der Waals surface area contributed by atoms with Crippen molar-refractivity contribution in [2.75, 3.05) is 19.6 Å². The summed E-state index contributed by atoms with van der Waals surface area (Å²) in [5, 5.41) is 8.73. The number of aromatic amines is 1. The van der Waals surface area contributed by atoms with Gasteiger partial charge in [-0.2, -0.15) is 18.3 Å². The van der Waals surface area contributed by atoms with Crippen molar-refractivity contribution in [3.63, 3.8) is 0 Å². The fourth-order valence-corrected chi connectivity index (χ4v) is 7.13. The molecule has 11 heteroatoms. The highest BCUT2D eigenvalue weighted by Gasteiger charge is 2.41. The number of aromatic nitrogens is 2. The molecule has 2 saturated heterocycles. The van der Waals surface area contributed by atoms with E-state index in [1.807, 2.05) is 17.0 Å². The summed E-state index contributed by atoms with van der Waals surface area (Å²) >= 11 is 13.5. The summed E-state index contributed by atoms with van der Waals surface area (Å²) in [5.41, 5.74) is 5.95. The van der Waals surface area contributed by atoms with Crippen molar-refractivity contribution in [3.05, 3.63) is 74.5 Å². The number of amides is 2. The van der Waals surface area contributed by atoms with Crippen LogP contribution in [-0.2, 0) is 24.1 Å². The molecule has 1 aromatic heterocycles. The molecule has 1 aliphatic carbocycles. The predicted molar refractivity (Wildman–Crippen MR) is 155 cm³/mol. The predicted octanol–water partition coefficient (Wildman–Crippen LogP) is 6.87. The molecular weight excluding hydrogens is 588 g/mol. The molecule has 1 unspecified atom stereocenters. The van der Waals surface area contributed by atoms with Crippen LogP contribution >= 0.6 is 23.2 Å². The maximum absolute atomic E-state index is 13.0. The van der Waals surface area contributed by atoms with E-state index in [2.05, 4.69) is 10.2 Å². The number of benzene rings is 2. The van der Waals surface area contributed by atoms with Crippen LogP contribution in [0.2, 0.25) is 10.0 Å². The van der Waals surface area contributed by atoms with E-state index in [9.17, 15) is 22.8 Å². The Labute approximate surface area is 252 Å². The third-order valence-corrected chi connectivity index (χ3v) is 9.62. The lowest BCUT2D eigenvalue weighted by Crippen LogP contribution is -2.42. The zero-order valence-corrected chi connectivity index (χ0v) is 24.5. The number of carbonyl (C=O) groups excluding carboxylic acids is 2. The van der Waals surface area contributed by atoms with Crippen LogP contribution in [0.25, 0.3) is 11.1 Å². The number of piperidine rings is 1. The highest BCUT2D eigenvalue weighted by atomic mass is 35.5. The van der Waals surface area contributed by atoms with E-state index in [0.717, 1.165) is 65.9 Å². The Morgan fingerprint density at radius 1 is 0.976 bits per heavy atom. The van der Waals surface area contributed by atoms with Gasteiger partial charge in [-0.1, -0.05) is 35.3 Å². The molecule has 0 bridgehead atoms. The largest absolute Gasteiger partial charge is 0.391 e. The van der Waals surface area contributed by atoms with Crippen molar-refractivity contribution in [1.29, 1.82) is 0 Å². The van der Waals surface area contributed by atoms with E-state index in [1.54, 1.807) is 24.3 Å². The molecule has 42 heavy (non-hydrogen) atoms. The first-order valence-corrected chi connectivity index (χ1v) is 15.1. The Balaban J connectivity index is 1.14. The molecule has 3 aromatic rings. The average molecular weight is 620 g/mol. The number of likely N-dealkylation sites (tertiary alicyclic amines) is 2. The number of alkyl halides is 3. The molecule has 6 nitrogen and oxygen atoms in total. The van der Waals surface area contributed by atoms with Gasteiger partial charge in [-0.3, -0.25) is 14.7 Å². The normalized spacial score (nSPS) is 19.8. The van der Waals surface area contributed by atoms with Crippen LogP contribution in [0.4, 0.5) is 13.2 Å². The summed E-state index contributed by atoms with van der Waals surface area (Å²) < 4.78 is 38.9. The van der Waals surface area contributed by atoms with E-state index in [0.29, 0.717) is 28.5 Å². The first kappa shape index (κ1) is 29.1. The van der Waals surface area contributed by atoms with Gasteiger partial charge >= 0.3 is 6.18 Å². The number of fused-ring (bicyclic) bond motifs is 1. The maximum Gasteiger partial charge on any atom is 0.391 e. The summed E-state index contributed by atoms with van der Waals surface area (Å²) in [4.78, 5) is 28.7. The van der Waals surface area contributed by atoms with Crippen LogP contribution in [0, 0.1) is 5.92 Å². The molecule has 2 fully saturated rings. The van der Waals surface area contributed by atoms with Gasteiger partial charge in [0.15, 0.2) is 0 Å². The zero-order valence-electron chi connectivity index (χ0n) is 22.9. The fourth-order valence-electron chi connectivity index (χ4n) is 6.51. The molecule has 3 heterocycles. The highest BCUT2D eigenvalue weighted by molar-refractivity contribution is 6.36. The number of aryl methyl sites for hydroxylation is 1. The Kier molecular flexibility index (Phi) is 8.00. The van der Waals surface area contributed by atoms with E-state index in [1.165, 1.54) is 4.90 Å². The van der Waals surface area contributed by atoms with E-state index >= 15 is 0 Å². The first-order chi connectivity index (χ1) is 20.1. The minimum Gasteiger partial charge on any atom is -0.339 e. The molecule has 222 valence electrons. The summed E-state index contributed by atoms with van der Waals surface area (Å²) in [5.74, 6) is -1.39. The lowest BCUT2D eigenvalue weighted by molar-refractivity contribution is -0.183. The molecule has 3 aliphatic rings. The molecule has 1 N–H and O–H groups in total. The van der Waals surface area contributed by atoms with Crippen LogP contribution in [0.3, 0.4) is 0 Å². The van der Waals surface area contributed by atoms with Gasteiger partial charge in [0.2, 0.25) is 5.91 Å². The summed E-state index contributed by atoms with van der Waals surface area (Å²) in [7, 11) is 0. The Hall–Kier alpha value is -3.04. The minimum absolute atomic E-state index is 0.0727. The van der Waals surface area contributed by atoms with Crippen LogP contribution in [0.15, 0.2) is 36.4 Å². The summed E-state index contributed by atoms with van der Waals surface area (Å²) in [6.45, 7) is 1.00. The zero-order chi connectivity index (χ0) is 29.6. The SMILES string of the molecule is O=C(c1ccc(-c2cc(Cl)c(Cc3[nH]nc4c3CC(N3CCCC3=O)CC4)c(Cl)c2)cc1)N1CCC(C(F)(F)F)CC1. The third-order valence-electron chi connectivity index (χ3n) is 8.95. The minimum atomic E-state index is -4.22. The highest BCUT2D eigenvalue weighted by Crippen LogP contribution is 2.37. The van der Waals surface area contributed by atoms with E-state index in [-0.39, 0.29) is 43.8 Å². The third kappa shape index (κ3) is 5.78. The molecule has 0 saturated carbocycles. The number of nitrogens with zero attached hydrogens (tertiary/aromatic N) is 3. The lowest BCUT2D eigenvalue weighted by atomic mass is 9.89. The molecule has 2 aromatic carbocycles. The van der Waals surface area contributed by atoms with Gasteiger partial charge in [-0.05, 0) is 85.0 Å². The summed E-state index contributed by atoms with van der Waals surface area (Å²) in [6.07, 6.45) is 0.179. The van der Waals surface area contributed by atoms with Crippen molar-refractivity contribution in [2.45, 2.75) is 63.6 Å².